The summed E-state index contributed by atoms with van der Waals surface area (Å²) in [5.41, 5.74) is 0.730. The number of nitro groups is 1. The zero-order chi connectivity index (χ0) is 16.7. The molecule has 0 spiro atoms. The zero-order valence-electron chi connectivity index (χ0n) is 12.1. The molecule has 0 saturated heterocycles. The van der Waals surface area contributed by atoms with Crippen molar-refractivity contribution in [2.75, 3.05) is 6.61 Å². The zero-order valence-corrected chi connectivity index (χ0v) is 12.1. The van der Waals surface area contributed by atoms with Crippen LogP contribution in [0.1, 0.15) is 15.9 Å². The molecule has 0 aliphatic rings. The van der Waals surface area contributed by atoms with Crippen molar-refractivity contribution in [2.45, 2.75) is 6.54 Å². The summed E-state index contributed by atoms with van der Waals surface area (Å²) in [6.45, 7) is -0.123. The molecule has 0 aliphatic heterocycles. The van der Waals surface area contributed by atoms with Crippen LogP contribution in [0.3, 0.4) is 0 Å². The Morgan fingerprint density at radius 2 is 1.83 bits per heavy atom. The molecule has 0 fully saturated rings. The fourth-order valence-electron chi connectivity index (χ4n) is 1.81. The molecule has 1 N–H and O–H groups in total. The Hall–Kier alpha value is -3.22. The average Bonchev–Trinajstić information content (AvgIpc) is 2.58. The fourth-order valence-corrected chi connectivity index (χ4v) is 1.81. The van der Waals surface area contributed by atoms with Gasteiger partial charge in [-0.2, -0.15) is 0 Å². The van der Waals surface area contributed by atoms with Gasteiger partial charge in [0.25, 0.3) is 11.6 Å². The van der Waals surface area contributed by atoms with E-state index in [0.29, 0.717) is 6.54 Å². The molecule has 0 bridgehead atoms. The number of hydrogen-bond acceptors (Lipinski definition) is 5. The molecule has 0 aromatic heterocycles. The van der Waals surface area contributed by atoms with Crippen LogP contribution in [-0.4, -0.2) is 23.4 Å². The first-order chi connectivity index (χ1) is 11.1. The molecule has 0 heterocycles. The molecule has 0 radical (unpaired) electrons. The van der Waals surface area contributed by atoms with Crippen LogP contribution in [0.25, 0.3) is 0 Å². The highest BCUT2D eigenvalue weighted by Crippen LogP contribution is 2.13. The topological polar surface area (TPSA) is 98.5 Å². The maximum Gasteiger partial charge on any atom is 0.338 e. The highest BCUT2D eigenvalue weighted by Gasteiger charge is 2.14. The smallest absolute Gasteiger partial charge is 0.338 e. The van der Waals surface area contributed by atoms with Gasteiger partial charge in [-0.05, 0) is 11.6 Å². The van der Waals surface area contributed by atoms with Gasteiger partial charge in [0.2, 0.25) is 0 Å². The molecule has 0 saturated carbocycles. The van der Waals surface area contributed by atoms with Gasteiger partial charge in [-0.1, -0.05) is 36.4 Å². The van der Waals surface area contributed by atoms with Gasteiger partial charge in [-0.15, -0.1) is 0 Å². The van der Waals surface area contributed by atoms with Crippen LogP contribution >= 0.6 is 0 Å². The molecule has 2 rings (SSSR count). The lowest BCUT2D eigenvalue weighted by molar-refractivity contribution is -0.384. The van der Waals surface area contributed by atoms with Crippen molar-refractivity contribution in [2.24, 2.45) is 0 Å². The fraction of sp³-hybridized carbons (Fsp3) is 0.125. The van der Waals surface area contributed by atoms with Crippen molar-refractivity contribution < 1.29 is 19.2 Å². The number of nitro benzene ring substituents is 1. The van der Waals surface area contributed by atoms with E-state index in [-0.39, 0.29) is 11.3 Å². The van der Waals surface area contributed by atoms with E-state index >= 15 is 0 Å². The minimum absolute atomic E-state index is 0.0232. The summed E-state index contributed by atoms with van der Waals surface area (Å²) in [5, 5.41) is 13.3. The summed E-state index contributed by atoms with van der Waals surface area (Å²) in [4.78, 5) is 33.4. The van der Waals surface area contributed by atoms with Gasteiger partial charge in [0.05, 0.1) is 10.5 Å². The Balaban J connectivity index is 1.83. The molecule has 2 aromatic carbocycles. The molecular formula is C16H14N2O5. The number of non-ortho nitro benzene ring substituents is 1. The quantitative estimate of drug-likeness (QED) is 0.500. The van der Waals surface area contributed by atoms with Crippen LogP contribution in [0.4, 0.5) is 5.69 Å². The Kier molecular flexibility index (Phi) is 5.40. The predicted molar refractivity (Wildman–Crippen MR) is 81.7 cm³/mol. The van der Waals surface area contributed by atoms with E-state index in [1.165, 1.54) is 18.2 Å². The number of nitrogens with one attached hydrogen (secondary N) is 1. The molecule has 0 aliphatic carbocycles. The van der Waals surface area contributed by atoms with E-state index in [1.807, 2.05) is 30.3 Å². The monoisotopic (exact) mass is 314 g/mol. The lowest BCUT2D eigenvalue weighted by atomic mass is 10.2. The number of hydrogen-bond donors (Lipinski definition) is 1. The Labute approximate surface area is 132 Å². The third-order valence-electron chi connectivity index (χ3n) is 2.96. The van der Waals surface area contributed by atoms with E-state index in [0.717, 1.165) is 11.6 Å². The van der Waals surface area contributed by atoms with Gasteiger partial charge >= 0.3 is 5.97 Å². The van der Waals surface area contributed by atoms with E-state index in [9.17, 15) is 19.7 Å². The number of benzene rings is 2. The summed E-state index contributed by atoms with van der Waals surface area (Å²) in [7, 11) is 0. The number of carbonyl (C=O) groups is 2. The van der Waals surface area contributed by atoms with E-state index in [1.54, 1.807) is 0 Å². The standard InChI is InChI=1S/C16H14N2O5/c19-15(17-10-12-5-2-1-3-6-12)11-23-16(20)13-7-4-8-14(9-13)18(21)22/h1-9H,10-11H2,(H,17,19). The van der Waals surface area contributed by atoms with Gasteiger partial charge in [0, 0.05) is 18.7 Å². The molecule has 0 atom stereocenters. The summed E-state index contributed by atoms with van der Waals surface area (Å²) >= 11 is 0. The molecule has 23 heavy (non-hydrogen) atoms. The number of ether oxygens (including phenoxy) is 1. The summed E-state index contributed by atoms with van der Waals surface area (Å²) in [6.07, 6.45) is 0. The second kappa shape index (κ2) is 7.69. The first-order valence-electron chi connectivity index (χ1n) is 6.78. The summed E-state index contributed by atoms with van der Waals surface area (Å²) in [6, 6.07) is 14.4. The van der Waals surface area contributed by atoms with Crippen LogP contribution < -0.4 is 5.32 Å². The third kappa shape index (κ3) is 4.92. The molecule has 2 aromatic rings. The molecule has 7 heteroatoms. The van der Waals surface area contributed by atoms with E-state index in [2.05, 4.69) is 5.32 Å². The number of esters is 1. The number of amides is 1. The van der Waals surface area contributed by atoms with Crippen molar-refractivity contribution in [3.05, 3.63) is 75.8 Å². The first kappa shape index (κ1) is 16.2. The van der Waals surface area contributed by atoms with Gasteiger partial charge in [0.1, 0.15) is 0 Å². The largest absolute Gasteiger partial charge is 0.452 e. The summed E-state index contributed by atoms with van der Waals surface area (Å²) < 4.78 is 4.84. The van der Waals surface area contributed by atoms with Gasteiger partial charge in [-0.25, -0.2) is 4.79 Å². The minimum Gasteiger partial charge on any atom is -0.452 e. The molecule has 118 valence electrons. The lowest BCUT2D eigenvalue weighted by Crippen LogP contribution is -2.28. The van der Waals surface area contributed by atoms with Crippen molar-refractivity contribution >= 4 is 17.6 Å². The van der Waals surface area contributed by atoms with E-state index in [4.69, 9.17) is 4.74 Å². The Morgan fingerprint density at radius 1 is 1.09 bits per heavy atom. The first-order valence-corrected chi connectivity index (χ1v) is 6.78. The van der Waals surface area contributed by atoms with Gasteiger partial charge < -0.3 is 10.1 Å². The summed E-state index contributed by atoms with van der Waals surface area (Å²) in [5.74, 6) is -1.24. The molecular weight excluding hydrogens is 300 g/mol. The maximum absolute atomic E-state index is 11.8. The number of rotatable bonds is 6. The molecule has 1 amide bonds. The van der Waals surface area contributed by atoms with Crippen LogP contribution in [0.2, 0.25) is 0 Å². The normalized spacial score (nSPS) is 9.91. The molecule has 7 nitrogen and oxygen atoms in total. The second-order valence-corrected chi connectivity index (χ2v) is 4.65. The molecule has 0 unspecified atom stereocenters. The minimum atomic E-state index is -0.788. The number of carbonyl (C=O) groups excluding carboxylic acids is 2. The van der Waals surface area contributed by atoms with Crippen molar-refractivity contribution in [1.29, 1.82) is 0 Å². The van der Waals surface area contributed by atoms with Crippen LogP contribution in [0.15, 0.2) is 54.6 Å². The van der Waals surface area contributed by atoms with Crippen LogP contribution in [-0.2, 0) is 16.1 Å². The van der Waals surface area contributed by atoms with E-state index < -0.39 is 23.4 Å². The SMILES string of the molecule is O=C(COC(=O)c1cccc([N+](=O)[O-])c1)NCc1ccccc1. The predicted octanol–water partition coefficient (Wildman–Crippen LogP) is 2.07. The van der Waals surface area contributed by atoms with Crippen molar-refractivity contribution in [1.82, 2.24) is 5.32 Å². The average molecular weight is 314 g/mol. The van der Waals surface area contributed by atoms with Crippen molar-refractivity contribution in [3.63, 3.8) is 0 Å². The van der Waals surface area contributed by atoms with Crippen molar-refractivity contribution in [3.8, 4) is 0 Å². The maximum atomic E-state index is 11.8. The third-order valence-corrected chi connectivity index (χ3v) is 2.96. The second-order valence-electron chi connectivity index (χ2n) is 4.65. The lowest BCUT2D eigenvalue weighted by Gasteiger charge is -2.06. The van der Waals surface area contributed by atoms with Crippen LogP contribution in [0.5, 0.6) is 0 Å². The van der Waals surface area contributed by atoms with Crippen LogP contribution in [0, 0.1) is 10.1 Å². The van der Waals surface area contributed by atoms with Gasteiger partial charge in [-0.3, -0.25) is 14.9 Å². The Bertz CT molecular complexity index is 715. The highest BCUT2D eigenvalue weighted by molar-refractivity contribution is 5.91. The number of nitrogens with zero attached hydrogens (tertiary/aromatic N) is 1. The van der Waals surface area contributed by atoms with Gasteiger partial charge in [0.15, 0.2) is 6.61 Å². The Morgan fingerprint density at radius 3 is 2.52 bits per heavy atom. The highest BCUT2D eigenvalue weighted by atomic mass is 16.6.